The van der Waals surface area contributed by atoms with E-state index < -0.39 is 6.04 Å². The lowest BCUT2D eigenvalue weighted by Crippen LogP contribution is -2.58. The number of carbonyl (C=O) groups excluding carboxylic acids is 2. The molecule has 0 saturated carbocycles. The van der Waals surface area contributed by atoms with Gasteiger partial charge in [0, 0.05) is 30.7 Å². The van der Waals surface area contributed by atoms with E-state index in [4.69, 9.17) is 28.9 Å². The summed E-state index contributed by atoms with van der Waals surface area (Å²) >= 11 is 12.1. The van der Waals surface area contributed by atoms with E-state index in [0.717, 1.165) is 5.56 Å². The van der Waals surface area contributed by atoms with Gasteiger partial charge in [0.1, 0.15) is 0 Å². The number of nitrogens with zero attached hydrogens (tertiary/aromatic N) is 2. The number of carbonyl (C=O) groups is 2. The summed E-state index contributed by atoms with van der Waals surface area (Å²) in [5, 5.41) is 0.811. The molecule has 0 radical (unpaired) electrons. The van der Waals surface area contributed by atoms with Crippen LogP contribution in [0.25, 0.3) is 0 Å². The summed E-state index contributed by atoms with van der Waals surface area (Å²) in [5.41, 5.74) is 7.59. The van der Waals surface area contributed by atoms with Crippen LogP contribution in [0.15, 0.2) is 48.5 Å². The molecule has 1 aliphatic heterocycles. The van der Waals surface area contributed by atoms with Gasteiger partial charge in [-0.05, 0) is 37.1 Å². The van der Waals surface area contributed by atoms with Crippen LogP contribution in [-0.2, 0) is 11.2 Å². The summed E-state index contributed by atoms with van der Waals surface area (Å²) in [5.74, 6) is -0.248. The Balaban J connectivity index is 1.62. The zero-order valence-corrected chi connectivity index (χ0v) is 17.2. The lowest BCUT2D eigenvalue weighted by atomic mass is 10.0. The van der Waals surface area contributed by atoms with Crippen molar-refractivity contribution in [3.8, 4) is 0 Å². The first-order valence-electron chi connectivity index (χ1n) is 9.21. The van der Waals surface area contributed by atoms with Crippen molar-refractivity contribution in [2.45, 2.75) is 25.4 Å². The molecular weight excluding hydrogens is 397 g/mol. The highest BCUT2D eigenvalue weighted by atomic mass is 35.5. The van der Waals surface area contributed by atoms with Crippen LogP contribution in [0.2, 0.25) is 10.0 Å². The van der Waals surface area contributed by atoms with Crippen LogP contribution < -0.4 is 5.73 Å². The number of hydrogen-bond acceptors (Lipinski definition) is 3. The molecule has 0 spiro atoms. The van der Waals surface area contributed by atoms with E-state index >= 15 is 0 Å². The quantitative estimate of drug-likeness (QED) is 0.826. The largest absolute Gasteiger partial charge is 0.338 e. The van der Waals surface area contributed by atoms with Crippen LogP contribution in [0.5, 0.6) is 0 Å². The van der Waals surface area contributed by atoms with Gasteiger partial charge in [-0.15, -0.1) is 0 Å². The molecule has 1 saturated heterocycles. The Morgan fingerprint density at radius 2 is 1.86 bits per heavy atom. The summed E-state index contributed by atoms with van der Waals surface area (Å²) in [6.07, 6.45) is 0.494. The van der Waals surface area contributed by atoms with Crippen molar-refractivity contribution in [1.29, 1.82) is 0 Å². The van der Waals surface area contributed by atoms with E-state index in [2.05, 4.69) is 0 Å². The predicted octanol–water partition coefficient (Wildman–Crippen LogP) is 3.24. The molecule has 1 aliphatic rings. The molecular formula is C21H23Cl2N3O2. The fourth-order valence-corrected chi connectivity index (χ4v) is 3.96. The first kappa shape index (κ1) is 20.6. The molecule has 28 heavy (non-hydrogen) atoms. The summed E-state index contributed by atoms with van der Waals surface area (Å²) in [6, 6.07) is 13.8. The van der Waals surface area contributed by atoms with Crippen LogP contribution in [0.1, 0.15) is 22.8 Å². The van der Waals surface area contributed by atoms with E-state index in [0.29, 0.717) is 41.7 Å². The van der Waals surface area contributed by atoms with E-state index in [1.807, 2.05) is 37.3 Å². The zero-order chi connectivity index (χ0) is 20.3. The molecule has 2 unspecified atom stereocenters. The van der Waals surface area contributed by atoms with Crippen molar-refractivity contribution in [2.24, 2.45) is 5.73 Å². The van der Waals surface area contributed by atoms with Gasteiger partial charge in [-0.2, -0.15) is 0 Å². The second-order valence-electron chi connectivity index (χ2n) is 7.05. The Hall–Kier alpha value is -2.08. The van der Waals surface area contributed by atoms with Gasteiger partial charge < -0.3 is 15.5 Å². The van der Waals surface area contributed by atoms with Gasteiger partial charge in [0.05, 0.1) is 16.6 Å². The fourth-order valence-electron chi connectivity index (χ4n) is 3.47. The van der Waals surface area contributed by atoms with Crippen LogP contribution in [0.4, 0.5) is 0 Å². The minimum Gasteiger partial charge on any atom is -0.338 e. The first-order valence-corrected chi connectivity index (χ1v) is 9.96. The number of amides is 2. The molecule has 1 fully saturated rings. The molecule has 1 heterocycles. The number of piperazine rings is 1. The highest BCUT2D eigenvalue weighted by Crippen LogP contribution is 2.24. The third kappa shape index (κ3) is 4.66. The summed E-state index contributed by atoms with van der Waals surface area (Å²) in [6.45, 7) is 3.24. The maximum atomic E-state index is 12.9. The minimum absolute atomic E-state index is 0.0904. The predicted molar refractivity (Wildman–Crippen MR) is 112 cm³/mol. The van der Waals surface area contributed by atoms with Crippen LogP contribution in [-0.4, -0.2) is 53.3 Å². The smallest absolute Gasteiger partial charge is 0.255 e. The average molecular weight is 420 g/mol. The summed E-state index contributed by atoms with van der Waals surface area (Å²) in [7, 11) is 0. The lowest BCUT2D eigenvalue weighted by Gasteiger charge is -2.40. The molecule has 3 rings (SSSR count). The number of nitrogens with two attached hydrogens (primary N) is 1. The van der Waals surface area contributed by atoms with Gasteiger partial charge in [0.15, 0.2) is 0 Å². The molecule has 2 N–H and O–H groups in total. The second kappa shape index (κ2) is 8.95. The fraction of sp³-hybridized carbons (Fsp3) is 0.333. The summed E-state index contributed by atoms with van der Waals surface area (Å²) < 4.78 is 0. The Kier molecular flexibility index (Phi) is 6.60. The first-order chi connectivity index (χ1) is 13.4. The highest BCUT2D eigenvalue weighted by molar-refractivity contribution is 6.36. The van der Waals surface area contributed by atoms with Crippen molar-refractivity contribution < 1.29 is 9.59 Å². The van der Waals surface area contributed by atoms with Crippen molar-refractivity contribution in [3.63, 3.8) is 0 Å². The van der Waals surface area contributed by atoms with Gasteiger partial charge in [-0.25, -0.2) is 0 Å². The molecule has 148 valence electrons. The standard InChI is InChI=1S/C21H23Cl2N3O2/c1-14-13-25(21(28)19(24)11-15-5-3-2-4-6-15)9-10-26(14)20(27)17-8-7-16(22)12-18(17)23/h2-8,12,14,19H,9-11,13,24H2,1H3. The molecule has 0 bridgehead atoms. The van der Waals surface area contributed by atoms with Gasteiger partial charge in [0.2, 0.25) is 5.91 Å². The van der Waals surface area contributed by atoms with Gasteiger partial charge in [-0.3, -0.25) is 9.59 Å². The highest BCUT2D eigenvalue weighted by Gasteiger charge is 2.32. The van der Waals surface area contributed by atoms with Crippen LogP contribution in [0, 0.1) is 0 Å². The molecule has 2 aromatic rings. The van der Waals surface area contributed by atoms with Crippen molar-refractivity contribution in [3.05, 3.63) is 69.7 Å². The minimum atomic E-state index is -0.595. The molecule has 0 aliphatic carbocycles. The third-order valence-electron chi connectivity index (χ3n) is 4.98. The van der Waals surface area contributed by atoms with E-state index in [-0.39, 0.29) is 17.9 Å². The molecule has 2 atom stereocenters. The van der Waals surface area contributed by atoms with Gasteiger partial charge >= 0.3 is 0 Å². The van der Waals surface area contributed by atoms with Crippen molar-refractivity contribution in [1.82, 2.24) is 9.80 Å². The Morgan fingerprint density at radius 1 is 1.14 bits per heavy atom. The number of hydrogen-bond donors (Lipinski definition) is 1. The average Bonchev–Trinajstić information content (AvgIpc) is 2.67. The lowest BCUT2D eigenvalue weighted by molar-refractivity contribution is -0.135. The van der Waals surface area contributed by atoms with E-state index in [1.165, 1.54) is 0 Å². The van der Waals surface area contributed by atoms with Gasteiger partial charge in [-0.1, -0.05) is 53.5 Å². The maximum absolute atomic E-state index is 12.9. The Morgan fingerprint density at radius 3 is 2.50 bits per heavy atom. The Bertz CT molecular complexity index is 860. The summed E-state index contributed by atoms with van der Waals surface area (Å²) in [4.78, 5) is 29.1. The monoisotopic (exact) mass is 419 g/mol. The number of halogens is 2. The van der Waals surface area contributed by atoms with Crippen LogP contribution in [0.3, 0.4) is 0 Å². The van der Waals surface area contributed by atoms with Crippen molar-refractivity contribution >= 4 is 35.0 Å². The van der Waals surface area contributed by atoms with E-state index in [9.17, 15) is 9.59 Å². The SMILES string of the molecule is CC1CN(C(=O)C(N)Cc2ccccc2)CCN1C(=O)c1ccc(Cl)cc1Cl. The number of rotatable bonds is 4. The van der Waals surface area contributed by atoms with E-state index in [1.54, 1.807) is 28.0 Å². The molecule has 2 amide bonds. The third-order valence-corrected chi connectivity index (χ3v) is 5.53. The van der Waals surface area contributed by atoms with Crippen LogP contribution >= 0.6 is 23.2 Å². The second-order valence-corrected chi connectivity index (χ2v) is 7.90. The van der Waals surface area contributed by atoms with Crippen molar-refractivity contribution in [2.75, 3.05) is 19.6 Å². The number of benzene rings is 2. The topological polar surface area (TPSA) is 66.6 Å². The molecule has 0 aromatic heterocycles. The normalized spacial score (nSPS) is 18.1. The zero-order valence-electron chi connectivity index (χ0n) is 15.6. The van der Waals surface area contributed by atoms with Gasteiger partial charge in [0.25, 0.3) is 5.91 Å². The maximum Gasteiger partial charge on any atom is 0.255 e. The molecule has 5 nitrogen and oxygen atoms in total. The Labute approximate surface area is 175 Å². The molecule has 7 heteroatoms. The molecule has 2 aromatic carbocycles.